The van der Waals surface area contributed by atoms with Gasteiger partial charge in [-0.25, -0.2) is 0 Å². The van der Waals surface area contributed by atoms with Crippen LogP contribution in [0.1, 0.15) is 0 Å². The zero-order valence-corrected chi connectivity index (χ0v) is 26.7. The summed E-state index contributed by atoms with van der Waals surface area (Å²) in [6, 6.07) is 65.7. The molecule has 0 amide bonds. The van der Waals surface area contributed by atoms with E-state index in [4.69, 9.17) is 4.42 Å². The molecule has 0 bridgehead atoms. The second-order valence-electron chi connectivity index (χ2n) is 12.8. The first kappa shape index (κ1) is 27.7. The van der Waals surface area contributed by atoms with Crippen LogP contribution in [0.15, 0.2) is 186 Å². The van der Waals surface area contributed by atoms with E-state index in [1.807, 2.05) is 0 Å². The van der Waals surface area contributed by atoms with Gasteiger partial charge in [0, 0.05) is 16.3 Å². The van der Waals surface area contributed by atoms with Crippen LogP contribution < -0.4 is 0 Å². The van der Waals surface area contributed by atoms with Gasteiger partial charge in [-0.1, -0.05) is 164 Å². The Morgan fingerprint density at radius 1 is 0.306 bits per heavy atom. The van der Waals surface area contributed by atoms with Gasteiger partial charge in [0.25, 0.3) is 0 Å². The Hall–Kier alpha value is -6.44. The van der Waals surface area contributed by atoms with Crippen molar-refractivity contribution in [1.29, 1.82) is 0 Å². The molecule has 228 valence electrons. The van der Waals surface area contributed by atoms with Gasteiger partial charge in [0.15, 0.2) is 0 Å². The Balaban J connectivity index is 1.22. The summed E-state index contributed by atoms with van der Waals surface area (Å²) in [7, 11) is 0. The summed E-state index contributed by atoms with van der Waals surface area (Å²) in [5.74, 6) is 0. The highest BCUT2D eigenvalue weighted by atomic mass is 16.3. The predicted octanol–water partition coefficient (Wildman–Crippen LogP) is 13.7. The van der Waals surface area contributed by atoms with Crippen molar-refractivity contribution in [2.24, 2.45) is 0 Å². The van der Waals surface area contributed by atoms with E-state index in [-0.39, 0.29) is 0 Å². The van der Waals surface area contributed by atoms with E-state index in [2.05, 4.69) is 182 Å². The van der Waals surface area contributed by atoms with Crippen molar-refractivity contribution in [2.75, 3.05) is 0 Å². The van der Waals surface area contributed by atoms with Crippen molar-refractivity contribution in [2.45, 2.75) is 0 Å². The summed E-state index contributed by atoms with van der Waals surface area (Å²) < 4.78 is 6.69. The van der Waals surface area contributed by atoms with Crippen molar-refractivity contribution in [3.05, 3.63) is 182 Å². The fraction of sp³-hybridized carbons (Fsp3) is 0. The molecule has 0 radical (unpaired) electrons. The highest BCUT2D eigenvalue weighted by molar-refractivity contribution is 6.26. The van der Waals surface area contributed by atoms with Crippen LogP contribution in [0.2, 0.25) is 0 Å². The first-order chi connectivity index (χ1) is 24.3. The molecule has 1 heteroatoms. The van der Waals surface area contributed by atoms with E-state index < -0.39 is 0 Å². The van der Waals surface area contributed by atoms with E-state index in [0.29, 0.717) is 0 Å². The highest BCUT2D eigenvalue weighted by Crippen LogP contribution is 2.48. The van der Waals surface area contributed by atoms with Crippen LogP contribution in [0.4, 0.5) is 0 Å². The van der Waals surface area contributed by atoms with Gasteiger partial charge in [-0.3, -0.25) is 0 Å². The zero-order chi connectivity index (χ0) is 32.3. The second kappa shape index (κ2) is 11.1. The van der Waals surface area contributed by atoms with Gasteiger partial charge in [-0.15, -0.1) is 0 Å². The van der Waals surface area contributed by atoms with Gasteiger partial charge in [0.1, 0.15) is 11.2 Å². The molecule has 0 saturated carbocycles. The van der Waals surface area contributed by atoms with Crippen molar-refractivity contribution in [1.82, 2.24) is 0 Å². The third-order valence-corrected chi connectivity index (χ3v) is 10.1. The SMILES string of the molecule is c1ccc(-c2ccc(-c3c4ccccc4c(-c4ccc(-c5ccc6ccccc6c5)cc4)c4ccccc34)c3c2oc2ccccc23)cc1. The number of fused-ring (bicyclic) bond motifs is 6. The lowest BCUT2D eigenvalue weighted by atomic mass is 9.84. The molecular formula is C48H30O. The Morgan fingerprint density at radius 3 is 1.55 bits per heavy atom. The van der Waals surface area contributed by atoms with Crippen molar-refractivity contribution >= 4 is 54.3 Å². The summed E-state index contributed by atoms with van der Waals surface area (Å²) in [5, 5.41) is 9.74. The summed E-state index contributed by atoms with van der Waals surface area (Å²) in [4.78, 5) is 0. The number of hydrogen-bond acceptors (Lipinski definition) is 1. The minimum atomic E-state index is 0.902. The van der Waals surface area contributed by atoms with Crippen molar-refractivity contribution in [3.63, 3.8) is 0 Å². The van der Waals surface area contributed by atoms with Gasteiger partial charge >= 0.3 is 0 Å². The average Bonchev–Trinajstić information content (AvgIpc) is 3.57. The molecule has 0 aliphatic rings. The average molecular weight is 623 g/mol. The van der Waals surface area contributed by atoms with Crippen LogP contribution in [0.25, 0.3) is 98.8 Å². The molecule has 1 aromatic heterocycles. The summed E-state index contributed by atoms with van der Waals surface area (Å²) in [5.41, 5.74) is 11.4. The molecule has 9 aromatic carbocycles. The first-order valence-electron chi connectivity index (χ1n) is 16.8. The number of furan rings is 1. The Kier molecular flexibility index (Phi) is 6.25. The Morgan fingerprint density at radius 2 is 0.837 bits per heavy atom. The lowest BCUT2D eigenvalue weighted by Crippen LogP contribution is -1.92. The van der Waals surface area contributed by atoms with Crippen LogP contribution in [0.3, 0.4) is 0 Å². The van der Waals surface area contributed by atoms with E-state index in [1.54, 1.807) is 0 Å². The van der Waals surface area contributed by atoms with Gasteiger partial charge in [0.2, 0.25) is 0 Å². The van der Waals surface area contributed by atoms with Crippen LogP contribution in [0, 0.1) is 0 Å². The molecule has 0 unspecified atom stereocenters. The topological polar surface area (TPSA) is 13.1 Å². The minimum Gasteiger partial charge on any atom is -0.455 e. The molecule has 0 aliphatic carbocycles. The van der Waals surface area contributed by atoms with Gasteiger partial charge in [0.05, 0.1) is 0 Å². The molecule has 0 saturated heterocycles. The molecule has 0 atom stereocenters. The molecule has 0 aliphatic heterocycles. The zero-order valence-electron chi connectivity index (χ0n) is 26.7. The third-order valence-electron chi connectivity index (χ3n) is 10.1. The standard InChI is InChI=1S/C48H30O/c1-2-13-33(14-3-1)37-28-29-43(47-42-20-10-11-21-44(42)49-48(37)47)46-40-18-8-6-16-38(40)45(39-17-7-9-19-41(39)46)34-25-22-32(23-26-34)36-27-24-31-12-4-5-15-35(31)30-36/h1-30H. The van der Waals surface area contributed by atoms with Gasteiger partial charge in [-0.05, 0) is 89.5 Å². The predicted molar refractivity (Wildman–Crippen MR) is 208 cm³/mol. The summed E-state index contributed by atoms with van der Waals surface area (Å²) >= 11 is 0. The summed E-state index contributed by atoms with van der Waals surface area (Å²) in [6.45, 7) is 0. The highest BCUT2D eigenvalue weighted by Gasteiger charge is 2.22. The molecule has 49 heavy (non-hydrogen) atoms. The summed E-state index contributed by atoms with van der Waals surface area (Å²) in [6.07, 6.45) is 0. The third kappa shape index (κ3) is 4.40. The van der Waals surface area contributed by atoms with Crippen LogP contribution in [-0.4, -0.2) is 0 Å². The van der Waals surface area contributed by atoms with E-state index in [0.717, 1.165) is 33.1 Å². The number of para-hydroxylation sites is 1. The second-order valence-corrected chi connectivity index (χ2v) is 12.8. The molecular weight excluding hydrogens is 593 g/mol. The molecule has 10 aromatic rings. The lowest BCUT2D eigenvalue weighted by molar-refractivity contribution is 0.670. The number of rotatable bonds is 4. The maximum atomic E-state index is 6.69. The van der Waals surface area contributed by atoms with Crippen LogP contribution >= 0.6 is 0 Å². The van der Waals surface area contributed by atoms with Crippen molar-refractivity contribution < 1.29 is 4.42 Å². The smallest absolute Gasteiger partial charge is 0.143 e. The fourth-order valence-corrected chi connectivity index (χ4v) is 7.81. The molecule has 0 N–H and O–H groups in total. The number of benzene rings is 9. The van der Waals surface area contributed by atoms with E-state index >= 15 is 0 Å². The molecule has 1 heterocycles. The Labute approximate surface area is 284 Å². The maximum absolute atomic E-state index is 6.69. The molecule has 0 spiro atoms. The normalized spacial score (nSPS) is 11.7. The fourth-order valence-electron chi connectivity index (χ4n) is 7.81. The molecule has 10 rings (SSSR count). The quantitative estimate of drug-likeness (QED) is 0.178. The van der Waals surface area contributed by atoms with E-state index in [9.17, 15) is 0 Å². The first-order valence-corrected chi connectivity index (χ1v) is 16.8. The van der Waals surface area contributed by atoms with Crippen molar-refractivity contribution in [3.8, 4) is 44.5 Å². The maximum Gasteiger partial charge on any atom is 0.143 e. The van der Waals surface area contributed by atoms with Crippen LogP contribution in [-0.2, 0) is 0 Å². The monoisotopic (exact) mass is 622 g/mol. The Bertz CT molecular complexity index is 2800. The molecule has 0 fully saturated rings. The van der Waals surface area contributed by atoms with Crippen LogP contribution in [0.5, 0.6) is 0 Å². The van der Waals surface area contributed by atoms with E-state index in [1.165, 1.54) is 65.7 Å². The minimum absolute atomic E-state index is 0.902. The largest absolute Gasteiger partial charge is 0.455 e. The number of hydrogen-bond donors (Lipinski definition) is 0. The molecule has 1 nitrogen and oxygen atoms in total. The van der Waals surface area contributed by atoms with Gasteiger partial charge < -0.3 is 4.42 Å². The van der Waals surface area contributed by atoms with Gasteiger partial charge in [-0.2, -0.15) is 0 Å². The lowest BCUT2D eigenvalue weighted by Gasteiger charge is -2.19.